The summed E-state index contributed by atoms with van der Waals surface area (Å²) in [6, 6.07) is 16.8. The molecule has 2 aromatic rings. The Morgan fingerprint density at radius 2 is 1.95 bits per heavy atom. The summed E-state index contributed by atoms with van der Waals surface area (Å²) < 4.78 is 5.10. The van der Waals surface area contributed by atoms with E-state index in [2.05, 4.69) is 11.4 Å². The summed E-state index contributed by atoms with van der Waals surface area (Å²) in [5.41, 5.74) is 1.03. The molecule has 2 aromatic carbocycles. The number of anilines is 1. The topological polar surface area (TPSA) is 62.1 Å². The van der Waals surface area contributed by atoms with Crippen molar-refractivity contribution in [3.05, 3.63) is 54.1 Å². The monoisotopic (exact) mass is 312 g/mol. The van der Waals surface area contributed by atoms with Crippen LogP contribution < -0.4 is 10.1 Å². The van der Waals surface area contributed by atoms with Gasteiger partial charge in [-0.05, 0) is 36.4 Å². The maximum atomic E-state index is 11.9. The van der Waals surface area contributed by atoms with Crippen LogP contribution in [0.25, 0.3) is 0 Å². The lowest BCUT2D eigenvalue weighted by molar-refractivity contribution is -0.115. The third kappa shape index (κ3) is 4.54. The van der Waals surface area contributed by atoms with Gasteiger partial charge >= 0.3 is 0 Å². The van der Waals surface area contributed by atoms with Crippen LogP contribution in [0.15, 0.2) is 53.4 Å². The molecule has 0 heterocycles. The molecular formula is C17H16N2O2S. The zero-order valence-corrected chi connectivity index (χ0v) is 13.0. The van der Waals surface area contributed by atoms with Gasteiger partial charge in [-0.1, -0.05) is 12.1 Å². The normalized spacial score (nSPS) is 9.82. The number of carbonyl (C=O) groups is 1. The quantitative estimate of drug-likeness (QED) is 0.826. The first-order chi connectivity index (χ1) is 10.7. The molecule has 0 saturated heterocycles. The van der Waals surface area contributed by atoms with E-state index in [9.17, 15) is 4.79 Å². The van der Waals surface area contributed by atoms with Crippen molar-refractivity contribution < 1.29 is 9.53 Å². The number of methoxy groups -OCH3 is 1. The molecule has 112 valence electrons. The number of ether oxygens (including phenoxy) is 1. The van der Waals surface area contributed by atoms with Crippen molar-refractivity contribution in [2.75, 3.05) is 18.2 Å². The van der Waals surface area contributed by atoms with E-state index in [4.69, 9.17) is 10.00 Å². The number of para-hydroxylation sites is 1. The minimum absolute atomic E-state index is 0.0938. The van der Waals surface area contributed by atoms with E-state index in [-0.39, 0.29) is 5.91 Å². The first-order valence-electron chi connectivity index (χ1n) is 6.79. The van der Waals surface area contributed by atoms with E-state index in [0.29, 0.717) is 23.4 Å². The van der Waals surface area contributed by atoms with E-state index in [0.717, 1.165) is 10.6 Å². The summed E-state index contributed by atoms with van der Waals surface area (Å²) in [7, 11) is 1.63. The summed E-state index contributed by atoms with van der Waals surface area (Å²) in [4.78, 5) is 13.0. The highest BCUT2D eigenvalue weighted by atomic mass is 32.2. The summed E-state index contributed by atoms with van der Waals surface area (Å²) in [5.74, 6) is 1.39. The predicted molar refractivity (Wildman–Crippen MR) is 88.1 cm³/mol. The van der Waals surface area contributed by atoms with Gasteiger partial charge in [-0.3, -0.25) is 4.79 Å². The lowest BCUT2D eigenvalue weighted by Crippen LogP contribution is -2.13. The smallest absolute Gasteiger partial charge is 0.225 e. The van der Waals surface area contributed by atoms with Gasteiger partial charge in [0.05, 0.1) is 18.4 Å². The maximum Gasteiger partial charge on any atom is 0.225 e. The average molecular weight is 312 g/mol. The SMILES string of the molecule is COc1ccc(SCCC(=O)Nc2ccccc2C#N)cc1. The number of thioether (sulfide) groups is 1. The van der Waals surface area contributed by atoms with Crippen molar-refractivity contribution in [1.82, 2.24) is 0 Å². The van der Waals surface area contributed by atoms with Crippen LogP contribution in [-0.2, 0) is 4.79 Å². The highest BCUT2D eigenvalue weighted by Crippen LogP contribution is 2.22. The first kappa shape index (κ1) is 15.9. The molecule has 0 aliphatic carbocycles. The molecule has 0 fully saturated rings. The number of rotatable bonds is 6. The molecule has 5 heteroatoms. The Balaban J connectivity index is 1.81. The van der Waals surface area contributed by atoms with Gasteiger partial charge < -0.3 is 10.1 Å². The molecule has 0 aromatic heterocycles. The van der Waals surface area contributed by atoms with E-state index in [1.165, 1.54) is 0 Å². The van der Waals surface area contributed by atoms with Crippen molar-refractivity contribution >= 4 is 23.4 Å². The van der Waals surface area contributed by atoms with Crippen LogP contribution in [-0.4, -0.2) is 18.8 Å². The molecule has 1 N–H and O–H groups in total. The van der Waals surface area contributed by atoms with Gasteiger partial charge in [0.15, 0.2) is 0 Å². The minimum Gasteiger partial charge on any atom is -0.497 e. The Morgan fingerprint density at radius 3 is 2.64 bits per heavy atom. The Kier molecular flexibility index (Phi) is 5.87. The number of carbonyl (C=O) groups excluding carboxylic acids is 1. The standard InChI is InChI=1S/C17H16N2O2S/c1-21-14-6-8-15(9-7-14)22-11-10-17(20)19-16-5-3-2-4-13(16)12-18/h2-9H,10-11H2,1H3,(H,19,20). The number of nitriles is 1. The molecule has 2 rings (SSSR count). The summed E-state index contributed by atoms with van der Waals surface area (Å²) >= 11 is 1.61. The molecule has 0 aliphatic heterocycles. The van der Waals surface area contributed by atoms with Crippen LogP contribution in [0.4, 0.5) is 5.69 Å². The Bertz CT molecular complexity index is 678. The number of nitrogens with zero attached hydrogens (tertiary/aromatic N) is 1. The first-order valence-corrected chi connectivity index (χ1v) is 7.77. The Hall–Kier alpha value is -2.45. The number of nitrogens with one attached hydrogen (secondary N) is 1. The lowest BCUT2D eigenvalue weighted by Gasteiger charge is -2.07. The second kappa shape index (κ2) is 8.11. The van der Waals surface area contributed by atoms with E-state index in [1.54, 1.807) is 43.1 Å². The van der Waals surface area contributed by atoms with Gasteiger partial charge in [0, 0.05) is 17.1 Å². The van der Waals surface area contributed by atoms with Gasteiger partial charge in [0.2, 0.25) is 5.91 Å². The third-order valence-electron chi connectivity index (χ3n) is 2.98. The van der Waals surface area contributed by atoms with E-state index < -0.39 is 0 Å². The van der Waals surface area contributed by atoms with E-state index in [1.807, 2.05) is 24.3 Å². The second-order valence-corrected chi connectivity index (χ2v) is 5.65. The van der Waals surface area contributed by atoms with Crippen LogP contribution in [0.2, 0.25) is 0 Å². The predicted octanol–water partition coefficient (Wildman–Crippen LogP) is 3.69. The van der Waals surface area contributed by atoms with Crippen LogP contribution in [0, 0.1) is 11.3 Å². The molecule has 4 nitrogen and oxygen atoms in total. The summed E-state index contributed by atoms with van der Waals surface area (Å²) in [5, 5.41) is 11.8. The minimum atomic E-state index is -0.0938. The molecule has 0 bridgehead atoms. The molecular weight excluding hydrogens is 296 g/mol. The Morgan fingerprint density at radius 1 is 1.23 bits per heavy atom. The molecule has 22 heavy (non-hydrogen) atoms. The van der Waals surface area contributed by atoms with Crippen molar-refractivity contribution in [2.24, 2.45) is 0 Å². The average Bonchev–Trinajstić information content (AvgIpc) is 2.56. The van der Waals surface area contributed by atoms with Crippen LogP contribution in [0.1, 0.15) is 12.0 Å². The fourth-order valence-electron chi connectivity index (χ4n) is 1.84. The van der Waals surface area contributed by atoms with Crippen molar-refractivity contribution in [2.45, 2.75) is 11.3 Å². The van der Waals surface area contributed by atoms with Gasteiger partial charge in [0.1, 0.15) is 11.8 Å². The fraction of sp³-hybridized carbons (Fsp3) is 0.176. The fourth-order valence-corrected chi connectivity index (χ4v) is 2.69. The number of benzene rings is 2. The molecule has 0 radical (unpaired) electrons. The van der Waals surface area contributed by atoms with E-state index >= 15 is 0 Å². The van der Waals surface area contributed by atoms with Crippen molar-refractivity contribution in [3.8, 4) is 11.8 Å². The van der Waals surface area contributed by atoms with Crippen LogP contribution in [0.5, 0.6) is 5.75 Å². The zero-order chi connectivity index (χ0) is 15.8. The molecule has 1 amide bonds. The van der Waals surface area contributed by atoms with Crippen molar-refractivity contribution in [3.63, 3.8) is 0 Å². The third-order valence-corrected chi connectivity index (χ3v) is 3.99. The number of hydrogen-bond donors (Lipinski definition) is 1. The number of amides is 1. The van der Waals surface area contributed by atoms with Gasteiger partial charge in [-0.25, -0.2) is 0 Å². The summed E-state index contributed by atoms with van der Waals surface area (Å²) in [6.45, 7) is 0. The molecule has 0 unspecified atom stereocenters. The number of hydrogen-bond acceptors (Lipinski definition) is 4. The maximum absolute atomic E-state index is 11.9. The van der Waals surface area contributed by atoms with Crippen LogP contribution in [0.3, 0.4) is 0 Å². The van der Waals surface area contributed by atoms with Gasteiger partial charge in [-0.2, -0.15) is 5.26 Å². The van der Waals surface area contributed by atoms with Gasteiger partial charge in [-0.15, -0.1) is 11.8 Å². The second-order valence-electron chi connectivity index (χ2n) is 4.48. The van der Waals surface area contributed by atoms with Gasteiger partial charge in [0.25, 0.3) is 0 Å². The highest BCUT2D eigenvalue weighted by molar-refractivity contribution is 7.99. The molecule has 0 atom stereocenters. The molecule has 0 spiro atoms. The summed E-state index contributed by atoms with van der Waals surface area (Å²) in [6.07, 6.45) is 0.385. The molecule has 0 aliphatic rings. The highest BCUT2D eigenvalue weighted by Gasteiger charge is 2.06. The molecule has 0 saturated carbocycles. The van der Waals surface area contributed by atoms with Crippen LogP contribution >= 0.6 is 11.8 Å². The van der Waals surface area contributed by atoms with Crippen molar-refractivity contribution in [1.29, 1.82) is 5.26 Å². The Labute approximate surface area is 134 Å². The lowest BCUT2D eigenvalue weighted by atomic mass is 10.2. The zero-order valence-electron chi connectivity index (χ0n) is 12.2. The largest absolute Gasteiger partial charge is 0.497 e.